The molecular weight excluding hydrogens is 208 g/mol. The van der Waals surface area contributed by atoms with Crippen molar-refractivity contribution in [3.8, 4) is 0 Å². The Morgan fingerprint density at radius 3 is 2.50 bits per heavy atom. The van der Waals surface area contributed by atoms with Gasteiger partial charge in [0.1, 0.15) is 0 Å². The van der Waals surface area contributed by atoms with E-state index in [2.05, 4.69) is 5.10 Å². The van der Waals surface area contributed by atoms with Crippen LogP contribution in [0.25, 0.3) is 11.0 Å². The van der Waals surface area contributed by atoms with Crippen molar-refractivity contribution in [1.82, 2.24) is 5.10 Å². The minimum Gasteiger partial charge on any atom is -0.739 e. The van der Waals surface area contributed by atoms with Crippen LogP contribution in [0, 0.1) is 31.2 Å². The molecule has 0 amide bonds. The fourth-order valence-corrected chi connectivity index (χ4v) is 1.75. The Balaban J connectivity index is 0.00000144. The van der Waals surface area contributed by atoms with Crippen molar-refractivity contribution in [3.05, 3.63) is 33.2 Å². The van der Waals surface area contributed by atoms with Crippen molar-refractivity contribution in [2.45, 2.75) is 20.8 Å². The number of aryl methyl sites for hydroxylation is 2. The van der Waals surface area contributed by atoms with Gasteiger partial charge in [0.15, 0.2) is 5.52 Å². The lowest BCUT2D eigenvalue weighted by Gasteiger charge is -2.12. The third-order valence-electron chi connectivity index (χ3n) is 2.92. The van der Waals surface area contributed by atoms with Gasteiger partial charge in [0, 0.05) is 12.3 Å². The van der Waals surface area contributed by atoms with E-state index in [4.69, 9.17) is 5.73 Å². The first-order valence-corrected chi connectivity index (χ1v) is 4.83. The second kappa shape index (κ2) is 3.19. The molecule has 0 atom stereocenters. The zero-order valence-electron chi connectivity index (χ0n) is 9.31. The Morgan fingerprint density at radius 2 is 1.88 bits per heavy atom. The van der Waals surface area contributed by atoms with Gasteiger partial charge in [-0.05, 0) is 37.5 Å². The van der Waals surface area contributed by atoms with Crippen LogP contribution in [0.5, 0.6) is 0 Å². The van der Waals surface area contributed by atoms with E-state index in [-0.39, 0.29) is 18.4 Å². The third-order valence-corrected chi connectivity index (χ3v) is 2.92. The molecule has 0 saturated heterocycles. The number of hydrogen-bond acceptors (Lipinski definition) is 4. The molecule has 1 heterocycles. The molecule has 1 aromatic carbocycles. The number of anilines is 1. The molecule has 0 radical (unpaired) electrons. The Morgan fingerprint density at radius 1 is 1.25 bits per heavy atom. The summed E-state index contributed by atoms with van der Waals surface area (Å²) in [6, 6.07) is 1.64. The zero-order chi connectivity index (χ0) is 12.0. The van der Waals surface area contributed by atoms with Crippen molar-refractivity contribution in [3.63, 3.8) is 0 Å². The van der Waals surface area contributed by atoms with E-state index < -0.39 is 0 Å². The van der Waals surface area contributed by atoms with Gasteiger partial charge in [-0.3, -0.25) is 5.73 Å². The van der Waals surface area contributed by atoms with E-state index >= 15 is 0 Å². The SMILES string of the molecule is Cc1cc2c(c(C)c1C)[n+]([O-])c(N)n[n+]2[O-].[HH]. The topological polar surface area (TPSA) is 92.8 Å². The summed E-state index contributed by atoms with van der Waals surface area (Å²) in [6.07, 6.45) is 0. The van der Waals surface area contributed by atoms with Crippen LogP contribution in [0.3, 0.4) is 0 Å². The quantitative estimate of drug-likeness (QED) is 0.511. The highest BCUT2D eigenvalue weighted by molar-refractivity contribution is 5.75. The Kier molecular flexibility index (Phi) is 2.08. The second-order valence-electron chi connectivity index (χ2n) is 3.84. The van der Waals surface area contributed by atoms with Crippen molar-refractivity contribution in [2.24, 2.45) is 0 Å². The van der Waals surface area contributed by atoms with E-state index in [0.717, 1.165) is 16.7 Å². The number of hydrogen-bond donors (Lipinski definition) is 1. The first kappa shape index (κ1) is 10.4. The standard InChI is InChI=1S/C10H12N4O2.H2/c1-5-4-8-9(7(3)6(5)2)13(15)10(11)12-14(8)16;/h4H,1-3H3,(H2,11,12);1H. The van der Waals surface area contributed by atoms with Gasteiger partial charge in [0.05, 0.1) is 0 Å². The van der Waals surface area contributed by atoms with Gasteiger partial charge in [0.25, 0.3) is 5.52 Å². The third kappa shape index (κ3) is 1.23. The first-order valence-electron chi connectivity index (χ1n) is 4.83. The summed E-state index contributed by atoms with van der Waals surface area (Å²) < 4.78 is 0.492. The molecule has 1 aromatic heterocycles. The van der Waals surface area contributed by atoms with Gasteiger partial charge in [-0.15, -0.1) is 0 Å². The molecule has 86 valence electrons. The van der Waals surface area contributed by atoms with E-state index in [1.54, 1.807) is 13.0 Å². The molecule has 0 bridgehead atoms. The highest BCUT2D eigenvalue weighted by Gasteiger charge is 2.20. The van der Waals surface area contributed by atoms with E-state index in [0.29, 0.717) is 9.58 Å². The summed E-state index contributed by atoms with van der Waals surface area (Å²) in [5.74, 6) is -0.339. The van der Waals surface area contributed by atoms with Gasteiger partial charge in [-0.2, -0.15) is 0 Å². The lowest BCUT2D eigenvalue weighted by molar-refractivity contribution is -0.672. The summed E-state index contributed by atoms with van der Waals surface area (Å²) in [7, 11) is 0. The molecule has 2 aromatic rings. The predicted molar refractivity (Wildman–Crippen MR) is 60.4 cm³/mol. The van der Waals surface area contributed by atoms with Gasteiger partial charge < -0.3 is 10.4 Å². The molecule has 2 N–H and O–H groups in total. The van der Waals surface area contributed by atoms with Crippen LogP contribution in [-0.4, -0.2) is 5.10 Å². The molecule has 0 saturated carbocycles. The van der Waals surface area contributed by atoms with Crippen LogP contribution in [0.1, 0.15) is 18.1 Å². The lowest BCUT2D eigenvalue weighted by atomic mass is 10.0. The van der Waals surface area contributed by atoms with Crippen LogP contribution in [-0.2, 0) is 0 Å². The molecule has 0 aliphatic rings. The van der Waals surface area contributed by atoms with E-state index in [9.17, 15) is 10.4 Å². The minimum atomic E-state index is -0.339. The molecular formula is C10H14N4O2. The first-order chi connectivity index (χ1) is 7.43. The van der Waals surface area contributed by atoms with Crippen LogP contribution in [0.15, 0.2) is 6.07 Å². The van der Waals surface area contributed by atoms with Crippen LogP contribution < -0.4 is 15.3 Å². The largest absolute Gasteiger partial charge is 0.739 e. The summed E-state index contributed by atoms with van der Waals surface area (Å²) in [6.45, 7) is 5.57. The fourth-order valence-electron chi connectivity index (χ4n) is 1.75. The van der Waals surface area contributed by atoms with E-state index in [1.807, 2.05) is 13.8 Å². The van der Waals surface area contributed by atoms with Gasteiger partial charge >= 0.3 is 5.95 Å². The van der Waals surface area contributed by atoms with Crippen molar-refractivity contribution in [1.29, 1.82) is 0 Å². The summed E-state index contributed by atoms with van der Waals surface area (Å²) >= 11 is 0. The average molecular weight is 222 g/mol. The van der Waals surface area contributed by atoms with Crippen LogP contribution >= 0.6 is 0 Å². The van der Waals surface area contributed by atoms with Crippen molar-refractivity contribution < 1.29 is 11.0 Å². The highest BCUT2D eigenvalue weighted by atomic mass is 16.5. The van der Waals surface area contributed by atoms with Crippen LogP contribution in [0.2, 0.25) is 0 Å². The normalized spacial score (nSPS) is 10.9. The Hall–Kier alpha value is -2.11. The molecule has 0 spiro atoms. The van der Waals surface area contributed by atoms with E-state index in [1.165, 1.54) is 0 Å². The second-order valence-corrected chi connectivity index (χ2v) is 3.84. The molecule has 6 nitrogen and oxygen atoms in total. The van der Waals surface area contributed by atoms with Gasteiger partial charge in [0.2, 0.25) is 5.10 Å². The predicted octanol–water partition coefficient (Wildman–Crippen LogP) is 0.255. The Labute approximate surface area is 93.6 Å². The smallest absolute Gasteiger partial charge is 0.458 e. The molecule has 0 unspecified atom stereocenters. The van der Waals surface area contributed by atoms with Crippen LogP contribution in [0.4, 0.5) is 5.95 Å². The summed E-state index contributed by atoms with van der Waals surface area (Å²) in [4.78, 5) is 0.387. The Bertz CT molecular complexity index is 601. The monoisotopic (exact) mass is 222 g/mol. The maximum atomic E-state index is 11.7. The number of nitrogens with zero attached hydrogens (tertiary/aromatic N) is 3. The summed E-state index contributed by atoms with van der Waals surface area (Å²) in [5.41, 5.74) is 8.56. The molecule has 0 fully saturated rings. The molecule has 2 rings (SSSR count). The number of fused-ring (bicyclic) bond motifs is 1. The fraction of sp³-hybridized carbons (Fsp3) is 0.300. The maximum absolute atomic E-state index is 11.7. The average Bonchev–Trinajstić information content (AvgIpc) is 2.22. The molecule has 0 aliphatic heterocycles. The van der Waals surface area contributed by atoms with Crippen molar-refractivity contribution >= 4 is 17.0 Å². The van der Waals surface area contributed by atoms with Gasteiger partial charge in [-0.1, -0.05) is 0 Å². The summed E-state index contributed by atoms with van der Waals surface area (Å²) in [5, 5.41) is 26.7. The molecule has 0 aliphatic carbocycles. The number of nitrogen functional groups attached to an aromatic ring is 1. The molecule has 6 heteroatoms. The number of nitrogens with two attached hydrogens (primary N) is 1. The highest BCUT2D eigenvalue weighted by Crippen LogP contribution is 2.19. The molecule has 16 heavy (non-hydrogen) atoms. The van der Waals surface area contributed by atoms with Gasteiger partial charge in [-0.25, -0.2) is 4.73 Å². The van der Waals surface area contributed by atoms with Crippen molar-refractivity contribution in [2.75, 3.05) is 5.73 Å². The minimum absolute atomic E-state index is 0. The number of benzene rings is 1. The maximum Gasteiger partial charge on any atom is 0.458 e. The zero-order valence-corrected chi connectivity index (χ0v) is 9.31. The number of rotatable bonds is 0. The lowest BCUT2D eigenvalue weighted by Crippen LogP contribution is -2.44. The number of aromatic nitrogens is 3.